The van der Waals surface area contributed by atoms with Crippen molar-refractivity contribution in [2.24, 2.45) is 0 Å². The van der Waals surface area contributed by atoms with Gasteiger partial charge in [-0.25, -0.2) is 0 Å². The molecule has 0 amide bonds. The molecule has 0 aromatic heterocycles. The van der Waals surface area contributed by atoms with Gasteiger partial charge in [-0.05, 0) is 49.8 Å². The van der Waals surface area contributed by atoms with Crippen molar-refractivity contribution < 1.29 is 5.11 Å². The van der Waals surface area contributed by atoms with Crippen LogP contribution in [0.5, 0.6) is 0 Å². The van der Waals surface area contributed by atoms with E-state index in [-0.39, 0.29) is 0 Å². The van der Waals surface area contributed by atoms with Gasteiger partial charge in [0.05, 0.1) is 18.7 Å². The van der Waals surface area contributed by atoms with Gasteiger partial charge in [-0.3, -0.25) is 0 Å². The summed E-state index contributed by atoms with van der Waals surface area (Å²) >= 11 is 11.2. The SMILES string of the molecule is Cc1cc(Cl)ccc1NC(=S)N1CC(C)(O)C1. The maximum Gasteiger partial charge on any atom is 0.173 e. The number of hydrogen-bond acceptors (Lipinski definition) is 2. The summed E-state index contributed by atoms with van der Waals surface area (Å²) < 4.78 is 0. The van der Waals surface area contributed by atoms with Crippen molar-refractivity contribution in [3.63, 3.8) is 0 Å². The van der Waals surface area contributed by atoms with Crippen LogP contribution in [-0.2, 0) is 0 Å². The molecular formula is C12H15ClN2OS. The Hall–Kier alpha value is -0.840. The molecule has 1 aliphatic heterocycles. The van der Waals surface area contributed by atoms with E-state index in [1.165, 1.54) is 0 Å². The molecule has 1 aromatic carbocycles. The van der Waals surface area contributed by atoms with E-state index in [0.29, 0.717) is 23.2 Å². The minimum absolute atomic E-state index is 0.575. The van der Waals surface area contributed by atoms with Gasteiger partial charge in [-0.15, -0.1) is 0 Å². The Morgan fingerprint density at radius 1 is 1.53 bits per heavy atom. The number of anilines is 1. The minimum atomic E-state index is -0.610. The number of β-amino-alcohol motifs (C(OH)–C–C–N with tert-alkyl or cyclic N) is 1. The van der Waals surface area contributed by atoms with Crippen LogP contribution < -0.4 is 5.32 Å². The molecule has 1 saturated heterocycles. The van der Waals surface area contributed by atoms with Crippen LogP contribution in [0.25, 0.3) is 0 Å². The topological polar surface area (TPSA) is 35.5 Å². The molecule has 0 atom stereocenters. The first kappa shape index (κ1) is 12.6. The summed E-state index contributed by atoms with van der Waals surface area (Å²) in [6, 6.07) is 5.62. The van der Waals surface area contributed by atoms with Crippen molar-refractivity contribution >= 4 is 34.6 Å². The fraction of sp³-hybridized carbons (Fsp3) is 0.417. The number of rotatable bonds is 1. The monoisotopic (exact) mass is 270 g/mol. The molecule has 0 bridgehead atoms. The largest absolute Gasteiger partial charge is 0.386 e. The maximum atomic E-state index is 9.64. The Morgan fingerprint density at radius 3 is 2.71 bits per heavy atom. The zero-order valence-electron chi connectivity index (χ0n) is 9.83. The fourth-order valence-electron chi connectivity index (χ4n) is 1.88. The van der Waals surface area contributed by atoms with E-state index in [9.17, 15) is 5.11 Å². The number of nitrogens with zero attached hydrogens (tertiary/aromatic N) is 1. The van der Waals surface area contributed by atoms with Crippen LogP contribution in [0.15, 0.2) is 18.2 Å². The second kappa shape index (κ2) is 4.44. The van der Waals surface area contributed by atoms with Gasteiger partial charge in [-0.1, -0.05) is 11.6 Å². The number of aryl methyl sites for hydroxylation is 1. The first-order valence-electron chi connectivity index (χ1n) is 5.42. The Morgan fingerprint density at radius 2 is 2.18 bits per heavy atom. The summed E-state index contributed by atoms with van der Waals surface area (Å²) in [4.78, 5) is 1.93. The third-order valence-corrected chi connectivity index (χ3v) is 3.38. The lowest BCUT2D eigenvalue weighted by atomic mass is 9.98. The van der Waals surface area contributed by atoms with Crippen LogP contribution in [0.4, 0.5) is 5.69 Å². The van der Waals surface area contributed by atoms with Crippen LogP contribution in [0.1, 0.15) is 12.5 Å². The zero-order chi connectivity index (χ0) is 12.6. The first-order chi connectivity index (χ1) is 7.87. The van der Waals surface area contributed by atoms with Crippen LogP contribution in [0.2, 0.25) is 5.02 Å². The number of benzene rings is 1. The van der Waals surface area contributed by atoms with Gasteiger partial charge in [-0.2, -0.15) is 0 Å². The number of likely N-dealkylation sites (tertiary alicyclic amines) is 1. The standard InChI is InChI=1S/C12H15ClN2OS/c1-8-5-9(13)3-4-10(8)14-11(17)15-6-12(2,16)7-15/h3-5,16H,6-7H2,1-2H3,(H,14,17). The summed E-state index contributed by atoms with van der Waals surface area (Å²) in [5.74, 6) is 0. The Labute approximate surface area is 111 Å². The number of nitrogens with one attached hydrogen (secondary N) is 1. The van der Waals surface area contributed by atoms with Crippen LogP contribution in [0, 0.1) is 6.92 Å². The van der Waals surface area contributed by atoms with Crippen molar-refractivity contribution in [3.05, 3.63) is 28.8 Å². The average molecular weight is 271 g/mol. The van der Waals surface area contributed by atoms with Crippen molar-refractivity contribution in [1.29, 1.82) is 0 Å². The molecule has 2 N–H and O–H groups in total. The third-order valence-electron chi connectivity index (χ3n) is 2.78. The number of halogens is 1. The Kier molecular flexibility index (Phi) is 3.30. The molecule has 17 heavy (non-hydrogen) atoms. The molecule has 1 aliphatic rings. The quantitative estimate of drug-likeness (QED) is 0.769. The number of hydrogen-bond donors (Lipinski definition) is 2. The predicted molar refractivity (Wildman–Crippen MR) is 74.6 cm³/mol. The Balaban J connectivity index is 2.00. The van der Waals surface area contributed by atoms with Crippen molar-refractivity contribution in [1.82, 2.24) is 4.90 Å². The molecular weight excluding hydrogens is 256 g/mol. The summed E-state index contributed by atoms with van der Waals surface area (Å²) in [6.45, 7) is 4.93. The molecule has 1 heterocycles. The number of thiocarbonyl (C=S) groups is 1. The average Bonchev–Trinajstić information content (AvgIpc) is 2.18. The highest BCUT2D eigenvalue weighted by molar-refractivity contribution is 7.80. The molecule has 2 rings (SSSR count). The molecule has 92 valence electrons. The molecule has 5 heteroatoms. The van der Waals surface area contributed by atoms with Crippen molar-refractivity contribution in [2.75, 3.05) is 18.4 Å². The van der Waals surface area contributed by atoms with E-state index in [2.05, 4.69) is 5.32 Å². The second-order valence-corrected chi connectivity index (χ2v) is 5.57. The molecule has 0 spiro atoms. The van der Waals surface area contributed by atoms with Gasteiger partial charge < -0.3 is 15.3 Å². The molecule has 0 saturated carbocycles. The van der Waals surface area contributed by atoms with Crippen LogP contribution in [0.3, 0.4) is 0 Å². The van der Waals surface area contributed by atoms with Gasteiger partial charge in [0.2, 0.25) is 0 Å². The lowest BCUT2D eigenvalue weighted by Gasteiger charge is -2.45. The van der Waals surface area contributed by atoms with Crippen molar-refractivity contribution in [3.8, 4) is 0 Å². The van der Waals surface area contributed by atoms with E-state index >= 15 is 0 Å². The third kappa shape index (κ3) is 2.89. The fourth-order valence-corrected chi connectivity index (χ4v) is 2.35. The molecule has 0 unspecified atom stereocenters. The summed E-state index contributed by atoms with van der Waals surface area (Å²) in [7, 11) is 0. The van der Waals surface area contributed by atoms with Gasteiger partial charge >= 0.3 is 0 Å². The smallest absolute Gasteiger partial charge is 0.173 e. The predicted octanol–water partition coefficient (Wildman–Crippen LogP) is 2.41. The van der Waals surface area contributed by atoms with E-state index in [1.807, 2.05) is 30.0 Å². The van der Waals surface area contributed by atoms with E-state index < -0.39 is 5.60 Å². The van der Waals surface area contributed by atoms with Gasteiger partial charge in [0.15, 0.2) is 5.11 Å². The highest BCUT2D eigenvalue weighted by Gasteiger charge is 2.37. The first-order valence-corrected chi connectivity index (χ1v) is 6.20. The lowest BCUT2D eigenvalue weighted by molar-refractivity contribution is -0.0484. The number of aliphatic hydroxyl groups is 1. The minimum Gasteiger partial charge on any atom is -0.386 e. The zero-order valence-corrected chi connectivity index (χ0v) is 11.4. The summed E-state index contributed by atoms with van der Waals surface area (Å²) in [6.07, 6.45) is 0. The van der Waals surface area contributed by atoms with E-state index in [1.54, 1.807) is 6.92 Å². The van der Waals surface area contributed by atoms with Crippen LogP contribution >= 0.6 is 23.8 Å². The highest BCUT2D eigenvalue weighted by atomic mass is 35.5. The molecule has 3 nitrogen and oxygen atoms in total. The Bertz CT molecular complexity index is 454. The molecule has 0 radical (unpaired) electrons. The maximum absolute atomic E-state index is 9.64. The molecule has 1 aromatic rings. The van der Waals surface area contributed by atoms with E-state index in [4.69, 9.17) is 23.8 Å². The summed E-state index contributed by atoms with van der Waals surface area (Å²) in [5, 5.41) is 14.2. The van der Waals surface area contributed by atoms with Gasteiger partial charge in [0.25, 0.3) is 0 Å². The van der Waals surface area contributed by atoms with E-state index in [0.717, 1.165) is 11.3 Å². The van der Waals surface area contributed by atoms with Gasteiger partial charge in [0, 0.05) is 10.7 Å². The normalized spacial score (nSPS) is 17.5. The molecule has 1 fully saturated rings. The second-order valence-electron chi connectivity index (χ2n) is 4.74. The van der Waals surface area contributed by atoms with Crippen molar-refractivity contribution in [2.45, 2.75) is 19.4 Å². The lowest BCUT2D eigenvalue weighted by Crippen LogP contribution is -2.62. The highest BCUT2D eigenvalue weighted by Crippen LogP contribution is 2.23. The molecule has 0 aliphatic carbocycles. The van der Waals surface area contributed by atoms with Crippen LogP contribution in [-0.4, -0.2) is 33.8 Å². The van der Waals surface area contributed by atoms with Gasteiger partial charge in [0.1, 0.15) is 0 Å². The summed E-state index contributed by atoms with van der Waals surface area (Å²) in [5.41, 5.74) is 1.39.